The van der Waals surface area contributed by atoms with Crippen molar-refractivity contribution in [2.45, 2.75) is 13.0 Å². The summed E-state index contributed by atoms with van der Waals surface area (Å²) in [5.74, 6) is -0.314. The molecular formula is C24H17F2N3O3. The van der Waals surface area contributed by atoms with E-state index in [1.165, 1.54) is 0 Å². The van der Waals surface area contributed by atoms with Crippen molar-refractivity contribution in [1.29, 1.82) is 0 Å². The van der Waals surface area contributed by atoms with E-state index < -0.39 is 12.3 Å². The monoisotopic (exact) mass is 433 g/mol. The van der Waals surface area contributed by atoms with Crippen LogP contribution in [0.2, 0.25) is 0 Å². The number of amides is 1. The van der Waals surface area contributed by atoms with E-state index >= 15 is 0 Å². The number of hydrogen-bond donors (Lipinski definition) is 0. The Bertz CT molecular complexity index is 1310. The molecule has 4 aromatic rings. The molecule has 1 aliphatic rings. The predicted octanol–water partition coefficient (Wildman–Crippen LogP) is 5.51. The van der Waals surface area contributed by atoms with Crippen molar-refractivity contribution in [2.75, 3.05) is 12.0 Å². The molecule has 3 aromatic carbocycles. The largest absolute Gasteiger partial charge is 0.497 e. The summed E-state index contributed by atoms with van der Waals surface area (Å²) in [6, 6.07) is 20.4. The Morgan fingerprint density at radius 3 is 2.50 bits per heavy atom. The fraction of sp³-hybridized carbons (Fsp3) is 0.125. The van der Waals surface area contributed by atoms with E-state index in [9.17, 15) is 13.6 Å². The van der Waals surface area contributed by atoms with Gasteiger partial charge in [-0.05, 0) is 41.5 Å². The lowest BCUT2D eigenvalue weighted by molar-refractivity contribution is 0.0996. The number of benzene rings is 3. The summed E-state index contributed by atoms with van der Waals surface area (Å²) in [4.78, 5) is 15.0. The maximum atomic E-state index is 13.3. The lowest BCUT2D eigenvalue weighted by atomic mass is 10.0. The zero-order valence-corrected chi connectivity index (χ0v) is 17.0. The first-order valence-electron chi connectivity index (χ1n) is 9.85. The predicted molar refractivity (Wildman–Crippen MR) is 114 cm³/mol. The second-order valence-corrected chi connectivity index (χ2v) is 7.26. The van der Waals surface area contributed by atoms with Gasteiger partial charge >= 0.3 is 6.43 Å². The quantitative estimate of drug-likeness (QED) is 0.415. The van der Waals surface area contributed by atoms with Gasteiger partial charge in [0, 0.05) is 16.7 Å². The Kier molecular flexibility index (Phi) is 4.89. The SMILES string of the molecule is COc1ccc(N2Cc3ccc(-c4nnc(C(F)F)o4)cc3C2=O)c(-c2ccccc2)c1. The van der Waals surface area contributed by atoms with E-state index in [0.717, 1.165) is 22.4 Å². The Morgan fingerprint density at radius 2 is 1.78 bits per heavy atom. The lowest BCUT2D eigenvalue weighted by Gasteiger charge is -2.21. The third-order valence-electron chi connectivity index (χ3n) is 5.37. The van der Waals surface area contributed by atoms with Gasteiger partial charge in [0.1, 0.15) is 5.75 Å². The number of carbonyl (C=O) groups is 1. The Balaban J connectivity index is 1.53. The second kappa shape index (κ2) is 7.88. The van der Waals surface area contributed by atoms with Crippen LogP contribution in [-0.2, 0) is 6.54 Å². The van der Waals surface area contributed by atoms with Crippen LogP contribution in [0.3, 0.4) is 0 Å². The van der Waals surface area contributed by atoms with Crippen molar-refractivity contribution >= 4 is 11.6 Å². The Hall–Kier alpha value is -4.07. The zero-order valence-electron chi connectivity index (χ0n) is 17.0. The van der Waals surface area contributed by atoms with Gasteiger partial charge in [-0.2, -0.15) is 8.78 Å². The standard InChI is InChI=1S/C24H17F2N3O3/c1-31-17-9-10-20(18(12-17)14-5-3-2-4-6-14)29-13-16-8-7-15(11-19(16)24(29)30)22-27-28-23(32-22)21(25)26/h2-12,21H,13H2,1H3. The van der Waals surface area contributed by atoms with Crippen LogP contribution in [0.5, 0.6) is 5.75 Å². The molecule has 1 aliphatic heterocycles. The number of nitrogens with zero attached hydrogens (tertiary/aromatic N) is 3. The van der Waals surface area contributed by atoms with Gasteiger partial charge < -0.3 is 14.1 Å². The molecule has 0 spiro atoms. The van der Waals surface area contributed by atoms with Crippen LogP contribution in [0.1, 0.15) is 28.2 Å². The fourth-order valence-corrected chi connectivity index (χ4v) is 3.79. The van der Waals surface area contributed by atoms with Crippen LogP contribution in [-0.4, -0.2) is 23.2 Å². The number of alkyl halides is 2. The molecule has 0 aliphatic carbocycles. The molecule has 0 radical (unpaired) electrons. The fourth-order valence-electron chi connectivity index (χ4n) is 3.79. The minimum absolute atomic E-state index is 0.0521. The van der Waals surface area contributed by atoms with Crippen molar-refractivity contribution in [3.05, 3.63) is 83.7 Å². The van der Waals surface area contributed by atoms with Gasteiger partial charge in [-0.25, -0.2) is 0 Å². The third-order valence-corrected chi connectivity index (χ3v) is 5.37. The number of carbonyl (C=O) groups excluding carboxylic acids is 1. The van der Waals surface area contributed by atoms with Crippen LogP contribution in [0.25, 0.3) is 22.6 Å². The molecule has 0 unspecified atom stereocenters. The number of fused-ring (bicyclic) bond motifs is 1. The van der Waals surface area contributed by atoms with Crippen LogP contribution >= 0.6 is 0 Å². The highest BCUT2D eigenvalue weighted by molar-refractivity contribution is 6.12. The van der Waals surface area contributed by atoms with Crippen LogP contribution in [0.4, 0.5) is 14.5 Å². The maximum absolute atomic E-state index is 13.3. The number of hydrogen-bond acceptors (Lipinski definition) is 5. The molecular weight excluding hydrogens is 416 g/mol. The molecule has 0 saturated carbocycles. The highest BCUT2D eigenvalue weighted by Crippen LogP contribution is 2.39. The third kappa shape index (κ3) is 3.39. The van der Waals surface area contributed by atoms with Gasteiger partial charge in [0.2, 0.25) is 5.89 Å². The summed E-state index contributed by atoms with van der Waals surface area (Å²) in [6.45, 7) is 0.382. The Morgan fingerprint density at radius 1 is 0.969 bits per heavy atom. The van der Waals surface area contributed by atoms with Gasteiger partial charge in [-0.15, -0.1) is 10.2 Å². The van der Waals surface area contributed by atoms with Crippen molar-refractivity contribution in [3.8, 4) is 28.3 Å². The first kappa shape index (κ1) is 19.9. The van der Waals surface area contributed by atoms with Gasteiger partial charge in [0.05, 0.1) is 19.3 Å². The molecule has 6 nitrogen and oxygen atoms in total. The molecule has 1 aromatic heterocycles. The molecule has 1 amide bonds. The van der Waals surface area contributed by atoms with E-state index in [2.05, 4.69) is 10.2 Å². The number of anilines is 1. The van der Waals surface area contributed by atoms with E-state index in [-0.39, 0.29) is 11.8 Å². The molecule has 0 bridgehead atoms. The summed E-state index contributed by atoms with van der Waals surface area (Å²) in [6.07, 6.45) is -2.85. The van der Waals surface area contributed by atoms with E-state index in [4.69, 9.17) is 9.15 Å². The van der Waals surface area contributed by atoms with Gasteiger partial charge in [-0.1, -0.05) is 36.4 Å². The molecule has 32 heavy (non-hydrogen) atoms. The molecule has 0 saturated heterocycles. The highest BCUT2D eigenvalue weighted by atomic mass is 19.3. The molecule has 160 valence electrons. The number of ether oxygens (including phenoxy) is 1. The first-order chi connectivity index (χ1) is 15.5. The summed E-state index contributed by atoms with van der Waals surface area (Å²) in [5, 5.41) is 7.03. The highest BCUT2D eigenvalue weighted by Gasteiger charge is 2.31. The summed E-state index contributed by atoms with van der Waals surface area (Å²) >= 11 is 0. The van der Waals surface area contributed by atoms with Crippen LogP contribution < -0.4 is 9.64 Å². The van der Waals surface area contributed by atoms with E-state index in [1.807, 2.05) is 48.5 Å². The Labute approximate surface area is 182 Å². The van der Waals surface area contributed by atoms with Crippen molar-refractivity contribution in [3.63, 3.8) is 0 Å². The number of halogens is 2. The minimum atomic E-state index is -2.85. The molecule has 2 heterocycles. The molecule has 0 fully saturated rings. The molecule has 5 rings (SSSR count). The average molecular weight is 433 g/mol. The van der Waals surface area contributed by atoms with Gasteiger partial charge in [0.25, 0.3) is 11.8 Å². The van der Waals surface area contributed by atoms with E-state index in [1.54, 1.807) is 30.2 Å². The number of rotatable bonds is 5. The molecule has 0 N–H and O–H groups in total. The van der Waals surface area contributed by atoms with Gasteiger partial charge in [0.15, 0.2) is 0 Å². The minimum Gasteiger partial charge on any atom is -0.497 e. The summed E-state index contributed by atoms with van der Waals surface area (Å²) in [5.41, 5.74) is 4.27. The molecule has 8 heteroatoms. The van der Waals surface area contributed by atoms with Crippen LogP contribution in [0, 0.1) is 0 Å². The van der Waals surface area contributed by atoms with Crippen molar-refractivity contribution in [1.82, 2.24) is 10.2 Å². The average Bonchev–Trinajstić information content (AvgIpc) is 3.45. The number of methoxy groups -OCH3 is 1. The smallest absolute Gasteiger partial charge is 0.314 e. The zero-order chi connectivity index (χ0) is 22.2. The van der Waals surface area contributed by atoms with E-state index in [0.29, 0.717) is 23.4 Å². The normalized spacial score (nSPS) is 13.0. The number of aromatic nitrogens is 2. The van der Waals surface area contributed by atoms with Crippen molar-refractivity contribution in [2.24, 2.45) is 0 Å². The van der Waals surface area contributed by atoms with Crippen molar-refractivity contribution < 1.29 is 22.7 Å². The summed E-state index contributed by atoms with van der Waals surface area (Å²) in [7, 11) is 1.60. The van der Waals surface area contributed by atoms with Crippen LogP contribution in [0.15, 0.2) is 71.1 Å². The maximum Gasteiger partial charge on any atom is 0.314 e. The summed E-state index contributed by atoms with van der Waals surface area (Å²) < 4.78 is 36.0. The lowest BCUT2D eigenvalue weighted by Crippen LogP contribution is -2.23. The first-order valence-corrected chi connectivity index (χ1v) is 9.85. The topological polar surface area (TPSA) is 68.5 Å². The molecule has 0 atom stereocenters. The second-order valence-electron chi connectivity index (χ2n) is 7.26. The van der Waals surface area contributed by atoms with Gasteiger partial charge in [-0.3, -0.25) is 4.79 Å².